The number of benzene rings is 1. The van der Waals surface area contributed by atoms with E-state index in [1.807, 2.05) is 6.92 Å². The largest absolute Gasteiger partial charge is 0.395 e. The highest BCUT2D eigenvalue weighted by molar-refractivity contribution is 5.34. The number of hydrogen-bond donors (Lipinski definition) is 2. The molecule has 0 radical (unpaired) electrons. The molecule has 1 atom stereocenters. The van der Waals surface area contributed by atoms with Gasteiger partial charge >= 0.3 is 0 Å². The number of nitrogens with one attached hydrogen (secondary N) is 1. The number of rotatable bonds is 6. The van der Waals surface area contributed by atoms with Crippen molar-refractivity contribution in [2.45, 2.75) is 38.8 Å². The van der Waals surface area contributed by atoms with Crippen molar-refractivity contribution in [2.24, 2.45) is 0 Å². The van der Waals surface area contributed by atoms with E-state index in [1.54, 1.807) is 6.07 Å². The standard InChI is InChI=1S/C18H23N3O2/c1-2-14-11-18(23)20-17(19-14)12-21(9-10-22)16-8-7-13-5-3-4-6-15(13)16/h3-6,11,16,22H,2,7-10,12H2,1H3,(H,19,20,23)/t16-/m0/s1. The third-order valence-electron chi connectivity index (χ3n) is 4.49. The van der Waals surface area contributed by atoms with Gasteiger partial charge in [-0.1, -0.05) is 31.2 Å². The van der Waals surface area contributed by atoms with E-state index in [0.29, 0.717) is 18.9 Å². The summed E-state index contributed by atoms with van der Waals surface area (Å²) in [5.74, 6) is 0.673. The minimum Gasteiger partial charge on any atom is -0.395 e. The summed E-state index contributed by atoms with van der Waals surface area (Å²) in [6.07, 6.45) is 2.84. The van der Waals surface area contributed by atoms with Gasteiger partial charge < -0.3 is 10.1 Å². The fraction of sp³-hybridized carbons (Fsp3) is 0.444. The molecule has 0 unspecified atom stereocenters. The molecule has 2 aromatic rings. The van der Waals surface area contributed by atoms with Gasteiger partial charge in [-0.25, -0.2) is 4.98 Å². The third-order valence-corrected chi connectivity index (χ3v) is 4.49. The molecule has 0 spiro atoms. The number of aryl methyl sites for hydroxylation is 2. The van der Waals surface area contributed by atoms with E-state index in [0.717, 1.165) is 25.0 Å². The minimum atomic E-state index is -0.109. The molecule has 0 aliphatic heterocycles. The van der Waals surface area contributed by atoms with Crippen molar-refractivity contribution in [2.75, 3.05) is 13.2 Å². The van der Waals surface area contributed by atoms with Crippen LogP contribution < -0.4 is 5.56 Å². The maximum absolute atomic E-state index is 11.8. The maximum atomic E-state index is 11.8. The van der Waals surface area contributed by atoms with Crippen LogP contribution in [-0.2, 0) is 19.4 Å². The summed E-state index contributed by atoms with van der Waals surface area (Å²) < 4.78 is 0. The Bertz CT molecular complexity index is 726. The Morgan fingerprint density at radius 3 is 3.00 bits per heavy atom. The second-order valence-corrected chi connectivity index (χ2v) is 5.98. The Hall–Kier alpha value is -1.98. The first-order valence-electron chi connectivity index (χ1n) is 8.23. The molecule has 3 rings (SSSR count). The van der Waals surface area contributed by atoms with Crippen molar-refractivity contribution >= 4 is 0 Å². The molecule has 1 aliphatic carbocycles. The summed E-state index contributed by atoms with van der Waals surface area (Å²) in [6, 6.07) is 10.3. The van der Waals surface area contributed by atoms with Crippen LogP contribution in [-0.4, -0.2) is 33.1 Å². The SMILES string of the molecule is CCc1cc(=O)[nH]c(CN(CCO)[C@H]2CCc3ccccc32)n1. The van der Waals surface area contributed by atoms with Gasteiger partial charge in [-0.2, -0.15) is 0 Å². The van der Waals surface area contributed by atoms with Crippen LogP contribution in [0.15, 0.2) is 35.1 Å². The Kier molecular flexibility index (Phi) is 4.88. The second-order valence-electron chi connectivity index (χ2n) is 5.98. The van der Waals surface area contributed by atoms with E-state index in [4.69, 9.17) is 0 Å². The average molecular weight is 313 g/mol. The van der Waals surface area contributed by atoms with Gasteiger partial charge in [0.05, 0.1) is 13.2 Å². The molecular formula is C18H23N3O2. The van der Waals surface area contributed by atoms with Gasteiger partial charge in [0, 0.05) is 24.3 Å². The Morgan fingerprint density at radius 2 is 2.22 bits per heavy atom. The zero-order valence-electron chi connectivity index (χ0n) is 13.5. The van der Waals surface area contributed by atoms with E-state index < -0.39 is 0 Å². The van der Waals surface area contributed by atoms with Crippen LogP contribution in [0.4, 0.5) is 0 Å². The van der Waals surface area contributed by atoms with Crippen molar-refractivity contribution < 1.29 is 5.11 Å². The van der Waals surface area contributed by atoms with E-state index in [-0.39, 0.29) is 18.2 Å². The quantitative estimate of drug-likeness (QED) is 0.853. The number of hydrogen-bond acceptors (Lipinski definition) is 4. The van der Waals surface area contributed by atoms with Crippen molar-refractivity contribution in [3.05, 3.63) is 63.3 Å². The summed E-state index contributed by atoms with van der Waals surface area (Å²) in [5.41, 5.74) is 3.40. The van der Waals surface area contributed by atoms with E-state index >= 15 is 0 Å². The lowest BCUT2D eigenvalue weighted by Crippen LogP contribution is -2.31. The Balaban J connectivity index is 1.86. The lowest BCUT2D eigenvalue weighted by Gasteiger charge is -2.28. The highest BCUT2D eigenvalue weighted by Crippen LogP contribution is 2.35. The van der Waals surface area contributed by atoms with E-state index in [1.165, 1.54) is 11.1 Å². The summed E-state index contributed by atoms with van der Waals surface area (Å²) in [5, 5.41) is 9.44. The highest BCUT2D eigenvalue weighted by Gasteiger charge is 2.27. The Labute approximate surface area is 136 Å². The highest BCUT2D eigenvalue weighted by atomic mass is 16.3. The topological polar surface area (TPSA) is 69.2 Å². The average Bonchev–Trinajstić information content (AvgIpc) is 2.98. The molecule has 5 nitrogen and oxygen atoms in total. The monoisotopic (exact) mass is 313 g/mol. The van der Waals surface area contributed by atoms with Crippen LogP contribution in [0.25, 0.3) is 0 Å². The third kappa shape index (κ3) is 3.51. The van der Waals surface area contributed by atoms with Gasteiger partial charge in [-0.3, -0.25) is 9.69 Å². The molecule has 0 amide bonds. The van der Waals surface area contributed by atoms with Crippen molar-refractivity contribution in [1.82, 2.24) is 14.9 Å². The van der Waals surface area contributed by atoms with Crippen LogP contribution in [0.5, 0.6) is 0 Å². The van der Waals surface area contributed by atoms with Crippen molar-refractivity contribution in [3.63, 3.8) is 0 Å². The number of aliphatic hydroxyl groups is 1. The lowest BCUT2D eigenvalue weighted by molar-refractivity contribution is 0.139. The van der Waals surface area contributed by atoms with Crippen LogP contribution in [0.3, 0.4) is 0 Å². The first-order chi connectivity index (χ1) is 11.2. The molecule has 0 saturated carbocycles. The predicted octanol–water partition coefficient (Wildman–Crippen LogP) is 1.81. The zero-order chi connectivity index (χ0) is 16.2. The fourth-order valence-corrected chi connectivity index (χ4v) is 3.40. The van der Waals surface area contributed by atoms with Crippen LogP contribution in [0.2, 0.25) is 0 Å². The van der Waals surface area contributed by atoms with Crippen LogP contribution in [0.1, 0.15) is 42.0 Å². The summed E-state index contributed by atoms with van der Waals surface area (Å²) in [4.78, 5) is 21.3. The fourth-order valence-electron chi connectivity index (χ4n) is 3.40. The number of aromatic amines is 1. The molecule has 23 heavy (non-hydrogen) atoms. The van der Waals surface area contributed by atoms with Gasteiger partial charge in [-0.05, 0) is 30.4 Å². The summed E-state index contributed by atoms with van der Waals surface area (Å²) in [7, 11) is 0. The molecule has 0 saturated heterocycles. The number of aliphatic hydroxyl groups excluding tert-OH is 1. The number of fused-ring (bicyclic) bond motifs is 1. The van der Waals surface area contributed by atoms with E-state index in [9.17, 15) is 9.90 Å². The molecule has 1 aromatic heterocycles. The Morgan fingerprint density at radius 1 is 1.39 bits per heavy atom. The smallest absolute Gasteiger partial charge is 0.251 e. The van der Waals surface area contributed by atoms with E-state index in [2.05, 4.69) is 39.1 Å². The minimum absolute atomic E-state index is 0.0936. The van der Waals surface area contributed by atoms with Crippen LogP contribution in [0, 0.1) is 0 Å². The summed E-state index contributed by atoms with van der Waals surface area (Å²) in [6.45, 7) is 3.20. The predicted molar refractivity (Wildman–Crippen MR) is 89.2 cm³/mol. The van der Waals surface area contributed by atoms with Crippen molar-refractivity contribution in [3.8, 4) is 0 Å². The van der Waals surface area contributed by atoms with Gasteiger partial charge in [0.2, 0.25) is 0 Å². The molecule has 1 heterocycles. The van der Waals surface area contributed by atoms with Gasteiger partial charge in [0.15, 0.2) is 0 Å². The molecule has 122 valence electrons. The molecule has 0 fully saturated rings. The van der Waals surface area contributed by atoms with Crippen LogP contribution >= 0.6 is 0 Å². The zero-order valence-corrected chi connectivity index (χ0v) is 13.5. The molecule has 1 aliphatic rings. The van der Waals surface area contributed by atoms with Gasteiger partial charge in [0.25, 0.3) is 5.56 Å². The number of aromatic nitrogens is 2. The maximum Gasteiger partial charge on any atom is 0.251 e. The number of H-pyrrole nitrogens is 1. The van der Waals surface area contributed by atoms with Crippen molar-refractivity contribution in [1.29, 1.82) is 0 Å². The van der Waals surface area contributed by atoms with Gasteiger partial charge in [0.1, 0.15) is 5.82 Å². The first kappa shape index (κ1) is 15.9. The molecule has 5 heteroatoms. The lowest BCUT2D eigenvalue weighted by atomic mass is 10.1. The normalized spacial score (nSPS) is 16.7. The molecular weight excluding hydrogens is 290 g/mol. The number of nitrogens with zero attached hydrogens (tertiary/aromatic N) is 2. The molecule has 0 bridgehead atoms. The molecule has 1 aromatic carbocycles. The second kappa shape index (κ2) is 7.06. The molecule has 2 N–H and O–H groups in total. The van der Waals surface area contributed by atoms with Gasteiger partial charge in [-0.15, -0.1) is 0 Å². The summed E-state index contributed by atoms with van der Waals surface area (Å²) >= 11 is 0. The first-order valence-corrected chi connectivity index (χ1v) is 8.23.